The molecule has 166 valence electrons. The van der Waals surface area contributed by atoms with E-state index in [4.69, 9.17) is 0 Å². The number of carbonyl (C=O) groups excluding carboxylic acids is 1. The molecule has 1 aromatic carbocycles. The number of benzene rings is 1. The van der Waals surface area contributed by atoms with Gasteiger partial charge in [0.05, 0.1) is 12.3 Å². The summed E-state index contributed by atoms with van der Waals surface area (Å²) in [6, 6.07) is 9.77. The van der Waals surface area contributed by atoms with Gasteiger partial charge in [0.2, 0.25) is 5.95 Å². The molecule has 1 aromatic heterocycles. The lowest BCUT2D eigenvalue weighted by molar-refractivity contribution is 0.00926. The SMILES string of the molecule is CNC(=O)c1cccc(CCNc2ncc(C#N)c(N[C@@H]3CC[C@H](O)C(C)(C)C3)n2)c1.[HH]. The number of anilines is 2. The van der Waals surface area contributed by atoms with Gasteiger partial charge in [0.15, 0.2) is 0 Å². The van der Waals surface area contributed by atoms with Crippen molar-refractivity contribution in [2.24, 2.45) is 5.41 Å². The van der Waals surface area contributed by atoms with Crippen LogP contribution in [0.1, 0.15) is 56.0 Å². The number of nitrogens with zero attached hydrogens (tertiary/aromatic N) is 3. The first-order valence-electron chi connectivity index (χ1n) is 10.6. The Morgan fingerprint density at radius 2 is 2.19 bits per heavy atom. The minimum Gasteiger partial charge on any atom is -0.393 e. The summed E-state index contributed by atoms with van der Waals surface area (Å²) in [5.74, 6) is 0.845. The average Bonchev–Trinajstić information content (AvgIpc) is 2.76. The monoisotopic (exact) mass is 424 g/mol. The first kappa shape index (κ1) is 22.5. The highest BCUT2D eigenvalue weighted by Crippen LogP contribution is 2.36. The van der Waals surface area contributed by atoms with E-state index in [0.717, 1.165) is 24.8 Å². The Balaban J connectivity index is 0.00000363. The predicted molar refractivity (Wildman–Crippen MR) is 122 cm³/mol. The van der Waals surface area contributed by atoms with Gasteiger partial charge in [0.1, 0.15) is 17.5 Å². The van der Waals surface area contributed by atoms with E-state index in [2.05, 4.69) is 45.8 Å². The third kappa shape index (κ3) is 5.70. The third-order valence-corrected chi connectivity index (χ3v) is 5.83. The standard InChI is InChI=1S/C23H30N6O2.H2/c1-23(2)12-18(7-8-19(23)30)28-20-17(13-24)14-27-22(29-20)26-10-9-15-5-4-6-16(11-15)21(31)25-3;/h4-6,11,14,18-19,30H,7-10,12H2,1-3H3,(H,25,31)(H2,26,27,28,29);1H/t18-,19+;/m1./s1. The second-order valence-corrected chi connectivity index (χ2v) is 8.65. The quantitative estimate of drug-likeness (QED) is 0.539. The molecule has 8 nitrogen and oxygen atoms in total. The number of aliphatic hydroxyl groups is 1. The topological polar surface area (TPSA) is 123 Å². The average molecular weight is 425 g/mol. The smallest absolute Gasteiger partial charge is 0.251 e. The maximum Gasteiger partial charge on any atom is 0.251 e. The molecular weight excluding hydrogens is 392 g/mol. The number of nitrogens with one attached hydrogen (secondary N) is 3. The van der Waals surface area contributed by atoms with E-state index in [1.54, 1.807) is 13.1 Å². The number of nitriles is 1. The van der Waals surface area contributed by atoms with Crippen LogP contribution in [0.5, 0.6) is 0 Å². The summed E-state index contributed by atoms with van der Waals surface area (Å²) in [6.07, 6.45) is 4.25. The molecule has 3 rings (SSSR count). The van der Waals surface area contributed by atoms with Crippen molar-refractivity contribution >= 4 is 17.7 Å². The largest absolute Gasteiger partial charge is 0.393 e. The molecule has 1 saturated carbocycles. The van der Waals surface area contributed by atoms with Crippen LogP contribution in [0.2, 0.25) is 0 Å². The van der Waals surface area contributed by atoms with Crippen LogP contribution in [-0.4, -0.2) is 46.7 Å². The summed E-state index contributed by atoms with van der Waals surface area (Å²) in [7, 11) is 1.61. The van der Waals surface area contributed by atoms with Crippen LogP contribution in [0.3, 0.4) is 0 Å². The third-order valence-electron chi connectivity index (χ3n) is 5.83. The molecule has 4 N–H and O–H groups in total. The van der Waals surface area contributed by atoms with Gasteiger partial charge in [-0.25, -0.2) is 4.98 Å². The lowest BCUT2D eigenvalue weighted by Gasteiger charge is -2.40. The van der Waals surface area contributed by atoms with E-state index in [0.29, 0.717) is 35.9 Å². The Labute approximate surface area is 184 Å². The van der Waals surface area contributed by atoms with E-state index in [1.165, 1.54) is 6.20 Å². The Bertz CT molecular complexity index is 975. The van der Waals surface area contributed by atoms with Crippen molar-refractivity contribution in [3.05, 3.63) is 47.2 Å². The van der Waals surface area contributed by atoms with Crippen LogP contribution >= 0.6 is 0 Å². The highest BCUT2D eigenvalue weighted by Gasteiger charge is 2.35. The molecule has 0 bridgehead atoms. The van der Waals surface area contributed by atoms with Crippen molar-refractivity contribution in [3.8, 4) is 6.07 Å². The zero-order chi connectivity index (χ0) is 22.4. The molecule has 0 aliphatic heterocycles. The Kier molecular flexibility index (Phi) is 7.08. The molecule has 0 spiro atoms. The van der Waals surface area contributed by atoms with Crippen LogP contribution < -0.4 is 16.0 Å². The molecule has 0 unspecified atom stereocenters. The van der Waals surface area contributed by atoms with Gasteiger partial charge in [-0.1, -0.05) is 26.0 Å². The zero-order valence-electron chi connectivity index (χ0n) is 18.3. The zero-order valence-corrected chi connectivity index (χ0v) is 18.3. The van der Waals surface area contributed by atoms with Crippen molar-refractivity contribution in [3.63, 3.8) is 0 Å². The van der Waals surface area contributed by atoms with Gasteiger partial charge in [-0.15, -0.1) is 0 Å². The Morgan fingerprint density at radius 1 is 1.39 bits per heavy atom. The fraction of sp³-hybridized carbons (Fsp3) is 0.478. The van der Waals surface area contributed by atoms with Gasteiger partial charge in [0.25, 0.3) is 5.91 Å². The maximum absolute atomic E-state index is 11.8. The van der Waals surface area contributed by atoms with Gasteiger partial charge in [0, 0.05) is 26.6 Å². The summed E-state index contributed by atoms with van der Waals surface area (Å²) >= 11 is 0. The molecule has 0 radical (unpaired) electrons. The van der Waals surface area contributed by atoms with Crippen LogP contribution in [0.4, 0.5) is 11.8 Å². The molecule has 31 heavy (non-hydrogen) atoms. The van der Waals surface area contributed by atoms with Crippen molar-refractivity contribution < 1.29 is 11.3 Å². The number of carbonyl (C=O) groups is 1. The summed E-state index contributed by atoms with van der Waals surface area (Å²) in [5, 5.41) is 28.8. The molecule has 1 aliphatic carbocycles. The van der Waals surface area contributed by atoms with Gasteiger partial charge in [-0.3, -0.25) is 4.79 Å². The number of hydrogen-bond donors (Lipinski definition) is 4. The fourth-order valence-corrected chi connectivity index (χ4v) is 3.93. The van der Waals surface area contributed by atoms with Crippen LogP contribution in [-0.2, 0) is 6.42 Å². The molecule has 2 atom stereocenters. The van der Waals surface area contributed by atoms with Crippen LogP contribution in [0.25, 0.3) is 0 Å². The highest BCUT2D eigenvalue weighted by molar-refractivity contribution is 5.94. The second-order valence-electron chi connectivity index (χ2n) is 8.65. The van der Waals surface area contributed by atoms with Gasteiger partial charge in [-0.2, -0.15) is 10.2 Å². The minimum absolute atomic E-state index is 0. The molecule has 2 aromatic rings. The van der Waals surface area contributed by atoms with E-state index in [-0.39, 0.29) is 24.9 Å². The number of aliphatic hydroxyl groups excluding tert-OH is 1. The first-order chi connectivity index (χ1) is 14.8. The second kappa shape index (κ2) is 9.75. The molecule has 8 heteroatoms. The molecule has 0 saturated heterocycles. The molecular formula is C23H32N6O2. The normalized spacial score (nSPS) is 19.8. The predicted octanol–water partition coefficient (Wildman–Crippen LogP) is 2.96. The van der Waals surface area contributed by atoms with E-state index >= 15 is 0 Å². The molecule has 1 amide bonds. The van der Waals surface area contributed by atoms with E-state index < -0.39 is 0 Å². The summed E-state index contributed by atoms with van der Waals surface area (Å²) in [4.78, 5) is 20.5. The minimum atomic E-state index is -0.314. The van der Waals surface area contributed by atoms with Crippen LogP contribution in [0, 0.1) is 16.7 Å². The molecule has 1 fully saturated rings. The van der Waals surface area contributed by atoms with Crippen molar-refractivity contribution in [2.45, 2.75) is 51.7 Å². The number of amides is 1. The van der Waals surface area contributed by atoms with Gasteiger partial charge < -0.3 is 21.1 Å². The van der Waals surface area contributed by atoms with Crippen molar-refractivity contribution in [1.29, 1.82) is 5.26 Å². The van der Waals surface area contributed by atoms with Crippen molar-refractivity contribution in [2.75, 3.05) is 24.2 Å². The number of hydrogen-bond acceptors (Lipinski definition) is 7. The summed E-state index contributed by atoms with van der Waals surface area (Å²) in [5.41, 5.74) is 1.87. The van der Waals surface area contributed by atoms with E-state index in [9.17, 15) is 15.2 Å². The number of aromatic nitrogens is 2. The lowest BCUT2D eigenvalue weighted by atomic mass is 9.73. The fourth-order valence-electron chi connectivity index (χ4n) is 3.93. The first-order valence-corrected chi connectivity index (χ1v) is 10.6. The Hall–Kier alpha value is -3.18. The van der Waals surface area contributed by atoms with Gasteiger partial charge >= 0.3 is 0 Å². The van der Waals surface area contributed by atoms with Gasteiger partial charge in [-0.05, 0) is 48.8 Å². The summed E-state index contributed by atoms with van der Waals surface area (Å²) in [6.45, 7) is 4.71. The van der Waals surface area contributed by atoms with E-state index in [1.807, 2.05) is 18.2 Å². The molecule has 1 heterocycles. The van der Waals surface area contributed by atoms with Crippen molar-refractivity contribution in [1.82, 2.24) is 15.3 Å². The highest BCUT2D eigenvalue weighted by atomic mass is 16.3. The maximum atomic E-state index is 11.8. The summed E-state index contributed by atoms with van der Waals surface area (Å²) < 4.78 is 0. The lowest BCUT2D eigenvalue weighted by Crippen LogP contribution is -2.41. The van der Waals surface area contributed by atoms with Crippen LogP contribution in [0.15, 0.2) is 30.5 Å². The molecule has 1 aliphatic rings. The number of rotatable bonds is 7. The Morgan fingerprint density at radius 3 is 2.90 bits per heavy atom.